The third-order valence-electron chi connectivity index (χ3n) is 5.27. The first-order valence-electron chi connectivity index (χ1n) is 10.5. The van der Waals surface area contributed by atoms with Gasteiger partial charge in [-0.2, -0.15) is 0 Å². The first-order valence-corrected chi connectivity index (χ1v) is 11.3. The molecule has 0 bridgehead atoms. The maximum absolute atomic E-state index is 12.8. The molecule has 4 aromatic rings. The molecule has 0 unspecified atom stereocenters. The maximum Gasteiger partial charge on any atom is 0.253 e. The number of aromatic nitrogens is 1. The molecule has 6 nitrogen and oxygen atoms in total. The summed E-state index contributed by atoms with van der Waals surface area (Å²) in [5.74, 6) is 2.18. The van der Waals surface area contributed by atoms with Gasteiger partial charge in [-0.25, -0.2) is 0 Å². The predicted octanol–water partition coefficient (Wildman–Crippen LogP) is 5.24. The highest BCUT2D eigenvalue weighted by atomic mass is 32.1. The van der Waals surface area contributed by atoms with Crippen molar-refractivity contribution in [3.05, 3.63) is 59.1 Å². The Bertz CT molecular complexity index is 1270. The Hall–Kier alpha value is -3.16. The average Bonchev–Trinajstić information content (AvgIpc) is 3.11. The highest BCUT2D eigenvalue weighted by Crippen LogP contribution is 2.36. The topological polar surface area (TPSA) is 63.7 Å². The van der Waals surface area contributed by atoms with Gasteiger partial charge in [0.1, 0.15) is 17.2 Å². The van der Waals surface area contributed by atoms with Gasteiger partial charge in [0, 0.05) is 39.2 Å². The number of thiophene rings is 1. The number of fused-ring (bicyclic) bond motifs is 2. The Kier molecular flexibility index (Phi) is 6.58. The summed E-state index contributed by atoms with van der Waals surface area (Å²) < 4.78 is 12.5. The lowest BCUT2D eigenvalue weighted by Crippen LogP contribution is -2.27. The summed E-state index contributed by atoms with van der Waals surface area (Å²) in [7, 11) is 5.70. The third-order valence-corrected chi connectivity index (χ3v) is 6.34. The molecule has 1 N–H and O–H groups in total. The molecular weight excluding hydrogens is 422 g/mol. The molecule has 0 aliphatic carbocycles. The van der Waals surface area contributed by atoms with Crippen molar-refractivity contribution in [3.63, 3.8) is 0 Å². The molecule has 2 aromatic carbocycles. The number of aryl methyl sites for hydroxylation is 1. The number of carbonyl (C=O) groups excluding carboxylic acids is 1. The van der Waals surface area contributed by atoms with E-state index >= 15 is 0 Å². The van der Waals surface area contributed by atoms with Crippen molar-refractivity contribution in [1.29, 1.82) is 0 Å². The Balaban J connectivity index is 1.56. The van der Waals surface area contributed by atoms with Crippen LogP contribution in [0.2, 0.25) is 0 Å². The number of amides is 1. The highest BCUT2D eigenvalue weighted by molar-refractivity contribution is 7.19. The molecule has 4 rings (SSSR count). The molecule has 166 valence electrons. The quantitative estimate of drug-likeness (QED) is 0.373. The zero-order chi connectivity index (χ0) is 22.7. The largest absolute Gasteiger partial charge is 0.497 e. The smallest absolute Gasteiger partial charge is 0.253 e. The first-order chi connectivity index (χ1) is 15.5. The van der Waals surface area contributed by atoms with Crippen LogP contribution in [0, 0.1) is 6.92 Å². The lowest BCUT2D eigenvalue weighted by molar-refractivity contribution is 0.0954. The van der Waals surface area contributed by atoms with Crippen LogP contribution < -0.4 is 14.8 Å². The monoisotopic (exact) mass is 449 g/mol. The van der Waals surface area contributed by atoms with E-state index in [0.29, 0.717) is 6.54 Å². The van der Waals surface area contributed by atoms with Gasteiger partial charge in [-0.15, -0.1) is 11.3 Å². The fourth-order valence-corrected chi connectivity index (χ4v) is 4.76. The summed E-state index contributed by atoms with van der Waals surface area (Å²) in [6, 6.07) is 13.5. The van der Waals surface area contributed by atoms with Crippen molar-refractivity contribution in [3.8, 4) is 17.2 Å². The molecule has 0 fully saturated rings. The van der Waals surface area contributed by atoms with Gasteiger partial charge in [0.2, 0.25) is 0 Å². The molecule has 0 aliphatic rings. The standard InChI is InChI=1S/C25H27N3O3S/c1-16-24(25(29)27-11-5-13-28(2)3)20-9-7-18(15-23(20)32-16)31-22-10-12-26-21-14-17(30-4)6-8-19(21)22/h6-10,12,14-15H,5,11,13H2,1-4H3,(H,27,29). The summed E-state index contributed by atoms with van der Waals surface area (Å²) in [4.78, 5) is 20.3. The highest BCUT2D eigenvalue weighted by Gasteiger charge is 2.17. The van der Waals surface area contributed by atoms with Crippen LogP contribution in [0.15, 0.2) is 48.7 Å². The molecule has 2 heterocycles. The van der Waals surface area contributed by atoms with E-state index in [1.165, 1.54) is 0 Å². The number of ether oxygens (including phenoxy) is 2. The van der Waals surface area contributed by atoms with Gasteiger partial charge in [0.05, 0.1) is 18.2 Å². The molecule has 0 atom stereocenters. The molecule has 2 aromatic heterocycles. The summed E-state index contributed by atoms with van der Waals surface area (Å²) in [5, 5.41) is 4.91. The molecule has 0 saturated carbocycles. The van der Waals surface area contributed by atoms with Crippen LogP contribution in [0.1, 0.15) is 21.7 Å². The zero-order valence-electron chi connectivity index (χ0n) is 18.8. The van der Waals surface area contributed by atoms with Crippen LogP contribution in [-0.4, -0.2) is 50.1 Å². The second-order valence-electron chi connectivity index (χ2n) is 7.90. The summed E-state index contributed by atoms with van der Waals surface area (Å²) in [6.07, 6.45) is 2.65. The number of pyridine rings is 1. The van der Waals surface area contributed by atoms with E-state index in [2.05, 4.69) is 15.2 Å². The SMILES string of the molecule is COc1ccc2c(Oc3ccc4c(C(=O)NCCCN(C)C)c(C)sc4c3)ccnc2c1. The van der Waals surface area contributed by atoms with Crippen molar-refractivity contribution in [2.24, 2.45) is 0 Å². The van der Waals surface area contributed by atoms with Gasteiger partial charge >= 0.3 is 0 Å². The zero-order valence-corrected chi connectivity index (χ0v) is 19.6. The molecule has 32 heavy (non-hydrogen) atoms. The first kappa shape index (κ1) is 22.0. The summed E-state index contributed by atoms with van der Waals surface area (Å²) in [6.45, 7) is 3.60. The van der Waals surface area contributed by atoms with Crippen LogP contribution in [0.25, 0.3) is 21.0 Å². The maximum atomic E-state index is 12.8. The Labute approximate surface area is 191 Å². The van der Waals surface area contributed by atoms with E-state index in [1.54, 1.807) is 24.6 Å². The number of hydrogen-bond acceptors (Lipinski definition) is 6. The van der Waals surface area contributed by atoms with E-state index in [4.69, 9.17) is 9.47 Å². The predicted molar refractivity (Wildman–Crippen MR) is 130 cm³/mol. The van der Waals surface area contributed by atoms with E-state index in [1.807, 2.05) is 63.5 Å². The van der Waals surface area contributed by atoms with Gasteiger partial charge in [-0.3, -0.25) is 9.78 Å². The molecular formula is C25H27N3O3S. The van der Waals surface area contributed by atoms with E-state index in [-0.39, 0.29) is 5.91 Å². The minimum absolute atomic E-state index is 0.0183. The fraction of sp³-hybridized carbons (Fsp3) is 0.280. The summed E-state index contributed by atoms with van der Waals surface area (Å²) in [5.41, 5.74) is 1.56. The van der Waals surface area contributed by atoms with Crippen molar-refractivity contribution in [2.45, 2.75) is 13.3 Å². The number of nitrogens with zero attached hydrogens (tertiary/aromatic N) is 2. The van der Waals surface area contributed by atoms with Crippen LogP contribution >= 0.6 is 11.3 Å². The van der Waals surface area contributed by atoms with E-state index in [9.17, 15) is 4.79 Å². The molecule has 0 aliphatic heterocycles. The Morgan fingerprint density at radius 3 is 2.66 bits per heavy atom. The number of nitrogens with one attached hydrogen (secondary N) is 1. The molecule has 0 radical (unpaired) electrons. The number of benzene rings is 2. The third kappa shape index (κ3) is 4.69. The minimum atomic E-state index is -0.0183. The summed E-state index contributed by atoms with van der Waals surface area (Å²) >= 11 is 1.61. The number of methoxy groups -OCH3 is 1. The number of carbonyl (C=O) groups is 1. The fourth-order valence-electron chi connectivity index (χ4n) is 3.68. The van der Waals surface area contributed by atoms with Gasteiger partial charge in [-0.1, -0.05) is 0 Å². The van der Waals surface area contributed by atoms with Crippen molar-refractivity contribution in [1.82, 2.24) is 15.2 Å². The molecule has 0 saturated heterocycles. The Morgan fingerprint density at radius 2 is 1.88 bits per heavy atom. The van der Waals surface area contributed by atoms with Crippen LogP contribution in [-0.2, 0) is 0 Å². The normalized spacial score (nSPS) is 11.3. The van der Waals surface area contributed by atoms with Crippen molar-refractivity contribution in [2.75, 3.05) is 34.3 Å². The minimum Gasteiger partial charge on any atom is -0.497 e. The molecule has 1 amide bonds. The van der Waals surface area contributed by atoms with Crippen molar-refractivity contribution < 1.29 is 14.3 Å². The van der Waals surface area contributed by atoms with E-state index in [0.717, 1.165) is 61.6 Å². The average molecular weight is 450 g/mol. The van der Waals surface area contributed by atoms with Gasteiger partial charge in [-0.05, 0) is 70.4 Å². The lowest BCUT2D eigenvalue weighted by atomic mass is 10.1. The Morgan fingerprint density at radius 1 is 1.09 bits per heavy atom. The second-order valence-corrected chi connectivity index (χ2v) is 9.15. The lowest BCUT2D eigenvalue weighted by Gasteiger charge is -2.10. The van der Waals surface area contributed by atoms with Crippen LogP contribution in [0.4, 0.5) is 0 Å². The second kappa shape index (κ2) is 9.54. The van der Waals surface area contributed by atoms with Gasteiger partial charge < -0.3 is 19.7 Å². The van der Waals surface area contributed by atoms with E-state index < -0.39 is 0 Å². The van der Waals surface area contributed by atoms with Gasteiger partial charge in [0.15, 0.2) is 0 Å². The molecule has 0 spiro atoms. The van der Waals surface area contributed by atoms with Gasteiger partial charge in [0.25, 0.3) is 5.91 Å². The number of hydrogen-bond donors (Lipinski definition) is 1. The van der Waals surface area contributed by atoms with Crippen LogP contribution in [0.5, 0.6) is 17.2 Å². The number of rotatable bonds is 8. The molecule has 7 heteroatoms. The van der Waals surface area contributed by atoms with Crippen molar-refractivity contribution >= 4 is 38.2 Å². The van der Waals surface area contributed by atoms with Crippen LogP contribution in [0.3, 0.4) is 0 Å².